The topological polar surface area (TPSA) is 61.4 Å². The predicted molar refractivity (Wildman–Crippen MR) is 125 cm³/mol. The molecule has 0 fully saturated rings. The summed E-state index contributed by atoms with van der Waals surface area (Å²) in [5.41, 5.74) is 3.43. The Hall–Kier alpha value is -3.44. The maximum absolute atomic E-state index is 13.1. The maximum Gasteiger partial charge on any atom is 0.251 e. The highest BCUT2D eigenvalue weighted by Gasteiger charge is 2.22. The van der Waals surface area contributed by atoms with Crippen molar-refractivity contribution in [2.75, 3.05) is 26.0 Å². The van der Waals surface area contributed by atoms with Gasteiger partial charge in [-0.05, 0) is 55.9 Å². The fourth-order valence-corrected chi connectivity index (χ4v) is 3.23. The van der Waals surface area contributed by atoms with Crippen LogP contribution in [-0.2, 0) is 17.6 Å². The lowest BCUT2D eigenvalue weighted by Gasteiger charge is -2.19. The van der Waals surface area contributed by atoms with Crippen LogP contribution in [0.5, 0.6) is 0 Å². The van der Waals surface area contributed by atoms with Crippen LogP contribution in [0.1, 0.15) is 21.5 Å². The number of rotatable bonds is 9. The molecule has 0 radical (unpaired) electrons. The minimum Gasteiger partial charge on any atom is -0.340 e. The molecule has 2 N–H and O–H groups in total. The van der Waals surface area contributed by atoms with E-state index in [4.69, 9.17) is 0 Å². The zero-order valence-electron chi connectivity index (χ0n) is 18.0. The normalized spacial score (nSPS) is 11.7. The van der Waals surface area contributed by atoms with E-state index >= 15 is 0 Å². The Kier molecular flexibility index (Phi) is 7.96. The van der Waals surface area contributed by atoms with E-state index in [1.807, 2.05) is 74.8 Å². The van der Waals surface area contributed by atoms with Crippen molar-refractivity contribution in [3.63, 3.8) is 0 Å². The fraction of sp³-hybridized carbons (Fsp3) is 0.231. The molecule has 31 heavy (non-hydrogen) atoms. The van der Waals surface area contributed by atoms with Crippen molar-refractivity contribution in [3.8, 4) is 0 Å². The van der Waals surface area contributed by atoms with Crippen molar-refractivity contribution in [2.45, 2.75) is 18.9 Å². The number of carbonyl (C=O) groups is 2. The number of likely N-dealkylation sites (N-methyl/N-ethyl adjacent to an activating group) is 1. The molecular formula is C26H29N3O2. The highest BCUT2D eigenvalue weighted by Crippen LogP contribution is 2.13. The monoisotopic (exact) mass is 415 g/mol. The van der Waals surface area contributed by atoms with Crippen molar-refractivity contribution >= 4 is 17.5 Å². The zero-order valence-corrected chi connectivity index (χ0v) is 18.0. The average Bonchev–Trinajstić information content (AvgIpc) is 2.79. The zero-order chi connectivity index (χ0) is 22.1. The first-order chi connectivity index (χ1) is 15.0. The van der Waals surface area contributed by atoms with Crippen LogP contribution in [0, 0.1) is 0 Å². The van der Waals surface area contributed by atoms with Gasteiger partial charge in [0.2, 0.25) is 5.91 Å². The van der Waals surface area contributed by atoms with Crippen LogP contribution in [0.15, 0.2) is 84.9 Å². The minimum absolute atomic E-state index is 0.242. The van der Waals surface area contributed by atoms with Gasteiger partial charge in [-0.2, -0.15) is 0 Å². The summed E-state index contributed by atoms with van der Waals surface area (Å²) in [6.07, 6.45) is 1.36. The summed E-state index contributed by atoms with van der Waals surface area (Å²) >= 11 is 0. The molecular weight excluding hydrogens is 386 g/mol. The molecule has 0 spiro atoms. The van der Waals surface area contributed by atoms with E-state index in [2.05, 4.69) is 15.5 Å². The Morgan fingerprint density at radius 3 is 2.03 bits per heavy atom. The highest BCUT2D eigenvalue weighted by atomic mass is 16.2. The molecule has 1 unspecified atom stereocenters. The van der Waals surface area contributed by atoms with Gasteiger partial charge in [0.05, 0.1) is 0 Å². The lowest BCUT2D eigenvalue weighted by atomic mass is 10.0. The molecule has 3 aromatic rings. The van der Waals surface area contributed by atoms with Crippen LogP contribution >= 0.6 is 0 Å². The summed E-state index contributed by atoms with van der Waals surface area (Å²) in [7, 11) is 4.09. The third kappa shape index (κ3) is 7.08. The summed E-state index contributed by atoms with van der Waals surface area (Å²) in [4.78, 5) is 27.9. The van der Waals surface area contributed by atoms with Crippen LogP contribution in [0.25, 0.3) is 0 Å². The van der Waals surface area contributed by atoms with Gasteiger partial charge in [-0.25, -0.2) is 0 Å². The molecule has 0 aliphatic heterocycles. The molecule has 1 atom stereocenters. The highest BCUT2D eigenvalue weighted by molar-refractivity contribution is 6.01. The summed E-state index contributed by atoms with van der Waals surface area (Å²) in [6.45, 7) is 0.969. The summed E-state index contributed by atoms with van der Waals surface area (Å²) in [5, 5.41) is 5.84. The minimum atomic E-state index is -0.691. The molecule has 2 amide bonds. The number of nitrogens with one attached hydrogen (secondary N) is 2. The third-order valence-corrected chi connectivity index (χ3v) is 5.01. The summed E-state index contributed by atoms with van der Waals surface area (Å²) < 4.78 is 0. The van der Waals surface area contributed by atoms with Crippen LogP contribution < -0.4 is 10.6 Å². The van der Waals surface area contributed by atoms with Gasteiger partial charge in [-0.1, -0.05) is 60.7 Å². The van der Waals surface area contributed by atoms with Crippen molar-refractivity contribution in [1.82, 2.24) is 10.2 Å². The Morgan fingerprint density at radius 2 is 1.42 bits per heavy atom. The predicted octanol–water partition coefficient (Wildman–Crippen LogP) is 3.77. The van der Waals surface area contributed by atoms with Crippen molar-refractivity contribution < 1.29 is 9.59 Å². The molecule has 0 aliphatic rings. The number of amides is 2. The molecule has 0 bridgehead atoms. The van der Waals surface area contributed by atoms with E-state index in [9.17, 15) is 9.59 Å². The summed E-state index contributed by atoms with van der Waals surface area (Å²) in [5.74, 6) is -0.509. The molecule has 0 aliphatic carbocycles. The standard InChI is InChI=1S/C26H29N3O2/c1-29(2)18-17-20-13-15-23(16-14-20)27-26(31)24(19-21-9-5-3-6-10-21)28-25(30)22-11-7-4-8-12-22/h3-16,24H,17-19H2,1-2H3,(H,27,31)(H,28,30). The fourth-order valence-electron chi connectivity index (χ4n) is 3.23. The van der Waals surface area contributed by atoms with E-state index in [1.54, 1.807) is 24.3 Å². The third-order valence-electron chi connectivity index (χ3n) is 5.01. The molecule has 0 heterocycles. The van der Waals surface area contributed by atoms with Crippen LogP contribution in [0.4, 0.5) is 5.69 Å². The molecule has 0 aromatic heterocycles. The van der Waals surface area contributed by atoms with E-state index in [0.717, 1.165) is 18.5 Å². The van der Waals surface area contributed by atoms with Gasteiger partial charge in [0, 0.05) is 24.2 Å². The number of hydrogen-bond acceptors (Lipinski definition) is 3. The second kappa shape index (κ2) is 11.1. The van der Waals surface area contributed by atoms with Crippen molar-refractivity contribution in [2.24, 2.45) is 0 Å². The van der Waals surface area contributed by atoms with Gasteiger partial charge >= 0.3 is 0 Å². The lowest BCUT2D eigenvalue weighted by Crippen LogP contribution is -2.45. The average molecular weight is 416 g/mol. The lowest BCUT2D eigenvalue weighted by molar-refractivity contribution is -0.118. The largest absolute Gasteiger partial charge is 0.340 e. The first-order valence-electron chi connectivity index (χ1n) is 10.5. The second-order valence-corrected chi connectivity index (χ2v) is 7.82. The quantitative estimate of drug-likeness (QED) is 0.559. The van der Waals surface area contributed by atoms with Crippen molar-refractivity contribution in [1.29, 1.82) is 0 Å². The Labute approximate surface area is 184 Å². The summed E-state index contributed by atoms with van der Waals surface area (Å²) in [6, 6.07) is 25.8. The van der Waals surface area contributed by atoms with E-state index < -0.39 is 6.04 Å². The number of anilines is 1. The molecule has 0 saturated heterocycles. The number of hydrogen-bond donors (Lipinski definition) is 2. The maximum atomic E-state index is 13.1. The molecule has 3 aromatic carbocycles. The van der Waals surface area contributed by atoms with Crippen LogP contribution in [0.3, 0.4) is 0 Å². The Balaban J connectivity index is 1.70. The molecule has 160 valence electrons. The van der Waals surface area contributed by atoms with E-state index in [0.29, 0.717) is 17.7 Å². The smallest absolute Gasteiger partial charge is 0.251 e. The number of carbonyl (C=O) groups excluding carboxylic acids is 2. The Bertz CT molecular complexity index is 971. The number of nitrogens with zero attached hydrogens (tertiary/aromatic N) is 1. The molecule has 5 nitrogen and oxygen atoms in total. The van der Waals surface area contributed by atoms with E-state index in [1.165, 1.54) is 5.56 Å². The molecule has 5 heteroatoms. The SMILES string of the molecule is CN(C)CCc1ccc(NC(=O)C(Cc2ccccc2)NC(=O)c2ccccc2)cc1. The van der Waals surface area contributed by atoms with E-state index in [-0.39, 0.29) is 11.8 Å². The first-order valence-corrected chi connectivity index (χ1v) is 10.5. The van der Waals surface area contributed by atoms with Gasteiger partial charge in [-0.15, -0.1) is 0 Å². The van der Waals surface area contributed by atoms with Crippen LogP contribution in [0.2, 0.25) is 0 Å². The van der Waals surface area contributed by atoms with Crippen molar-refractivity contribution in [3.05, 3.63) is 102 Å². The van der Waals surface area contributed by atoms with Gasteiger partial charge in [0.15, 0.2) is 0 Å². The Morgan fingerprint density at radius 1 is 0.806 bits per heavy atom. The van der Waals surface area contributed by atoms with Crippen LogP contribution in [-0.4, -0.2) is 43.4 Å². The first kappa shape index (κ1) is 22.2. The van der Waals surface area contributed by atoms with Gasteiger partial charge < -0.3 is 15.5 Å². The second-order valence-electron chi connectivity index (χ2n) is 7.82. The molecule has 3 rings (SSSR count). The number of benzene rings is 3. The van der Waals surface area contributed by atoms with Gasteiger partial charge in [-0.3, -0.25) is 9.59 Å². The van der Waals surface area contributed by atoms with Gasteiger partial charge in [0.25, 0.3) is 5.91 Å². The van der Waals surface area contributed by atoms with Gasteiger partial charge in [0.1, 0.15) is 6.04 Å². The molecule has 0 saturated carbocycles.